The minimum atomic E-state index is -1.02. The third kappa shape index (κ3) is 5.46. The van der Waals surface area contributed by atoms with Gasteiger partial charge in [-0.1, -0.05) is 54.1 Å². The molecule has 1 heterocycles. The Balaban J connectivity index is 1.78. The molecular formula is C28H28N2O4. The second-order valence-corrected chi connectivity index (χ2v) is 7.98. The van der Waals surface area contributed by atoms with E-state index in [0.717, 1.165) is 40.2 Å². The molecule has 34 heavy (non-hydrogen) atoms. The maximum Gasteiger partial charge on any atom is 0.341 e. The molecule has 0 saturated carbocycles. The lowest BCUT2D eigenvalue weighted by Gasteiger charge is -2.12. The van der Waals surface area contributed by atoms with E-state index >= 15 is 0 Å². The first-order valence-electron chi connectivity index (χ1n) is 11.3. The van der Waals surface area contributed by atoms with Crippen molar-refractivity contribution in [3.05, 3.63) is 90.0 Å². The maximum absolute atomic E-state index is 11.1. The number of hydrogen-bond donors (Lipinski definition) is 1. The van der Waals surface area contributed by atoms with Gasteiger partial charge in [-0.2, -0.15) is 5.10 Å². The highest BCUT2D eigenvalue weighted by molar-refractivity contribution is 5.76. The summed E-state index contributed by atoms with van der Waals surface area (Å²) in [6.07, 6.45) is 0.821. The Kier molecular flexibility index (Phi) is 7.28. The number of nitrogens with zero attached hydrogens (tertiary/aromatic N) is 2. The fraction of sp³-hybridized carbons (Fsp3) is 0.214. The van der Waals surface area contributed by atoms with E-state index in [4.69, 9.17) is 19.7 Å². The first-order valence-corrected chi connectivity index (χ1v) is 11.3. The standard InChI is InChI=1S/C28H28N2O4/c1-3-33-26-12-8-7-11-22(26)25-18-24(29-30(25)16-15-21-9-5-4-6-10-21)23-17-20(2)13-14-27(23)34-19-28(31)32/h4-14,17-18H,3,15-16,19H2,1-2H3,(H,31,32). The lowest BCUT2D eigenvalue weighted by molar-refractivity contribution is -0.139. The molecule has 6 nitrogen and oxygen atoms in total. The van der Waals surface area contributed by atoms with Gasteiger partial charge >= 0.3 is 5.97 Å². The molecule has 4 aromatic rings. The lowest BCUT2D eigenvalue weighted by atomic mass is 10.1. The van der Waals surface area contributed by atoms with Gasteiger partial charge < -0.3 is 14.6 Å². The molecule has 0 unspecified atom stereocenters. The summed E-state index contributed by atoms with van der Waals surface area (Å²) in [6.45, 7) is 4.78. The van der Waals surface area contributed by atoms with Crippen molar-refractivity contribution < 1.29 is 19.4 Å². The van der Waals surface area contributed by atoms with Crippen LogP contribution in [0.1, 0.15) is 18.1 Å². The molecule has 4 rings (SSSR count). The number of rotatable bonds is 10. The number of carboxylic acid groups (broad SMARTS) is 1. The van der Waals surface area contributed by atoms with Gasteiger partial charge in [0.1, 0.15) is 11.5 Å². The first-order chi connectivity index (χ1) is 16.5. The number of carboxylic acids is 1. The summed E-state index contributed by atoms with van der Waals surface area (Å²) < 4.78 is 13.5. The minimum Gasteiger partial charge on any atom is -0.493 e. The number of ether oxygens (including phenoxy) is 2. The number of aryl methyl sites for hydroxylation is 3. The fourth-order valence-corrected chi connectivity index (χ4v) is 3.88. The molecule has 3 aromatic carbocycles. The van der Waals surface area contributed by atoms with Crippen LogP contribution >= 0.6 is 0 Å². The van der Waals surface area contributed by atoms with Gasteiger partial charge in [0.25, 0.3) is 0 Å². The summed E-state index contributed by atoms with van der Waals surface area (Å²) in [5.74, 6) is 0.264. The van der Waals surface area contributed by atoms with Crippen molar-refractivity contribution in [2.75, 3.05) is 13.2 Å². The smallest absolute Gasteiger partial charge is 0.341 e. The van der Waals surface area contributed by atoms with Crippen LogP contribution in [0.15, 0.2) is 78.9 Å². The summed E-state index contributed by atoms with van der Waals surface area (Å²) in [7, 11) is 0. The van der Waals surface area contributed by atoms with Crippen molar-refractivity contribution in [2.24, 2.45) is 0 Å². The molecule has 0 atom stereocenters. The van der Waals surface area contributed by atoms with Gasteiger partial charge in [-0.15, -0.1) is 0 Å². The second kappa shape index (κ2) is 10.7. The summed E-state index contributed by atoms with van der Waals surface area (Å²) >= 11 is 0. The molecule has 0 amide bonds. The van der Waals surface area contributed by atoms with Gasteiger partial charge in [-0.05, 0) is 56.2 Å². The Labute approximate surface area is 199 Å². The Morgan fingerprint density at radius 1 is 0.912 bits per heavy atom. The van der Waals surface area contributed by atoms with Crippen LogP contribution in [-0.4, -0.2) is 34.1 Å². The van der Waals surface area contributed by atoms with Gasteiger partial charge in [0.2, 0.25) is 0 Å². The van der Waals surface area contributed by atoms with Crippen LogP contribution in [0.2, 0.25) is 0 Å². The molecule has 0 aliphatic rings. The Bertz CT molecular complexity index is 1260. The van der Waals surface area contributed by atoms with Gasteiger partial charge in [0.05, 0.1) is 18.0 Å². The Hall–Kier alpha value is -4.06. The lowest BCUT2D eigenvalue weighted by Crippen LogP contribution is -2.10. The monoisotopic (exact) mass is 456 g/mol. The number of carbonyl (C=O) groups is 1. The van der Waals surface area contributed by atoms with E-state index in [1.807, 2.05) is 79.2 Å². The van der Waals surface area contributed by atoms with E-state index in [1.54, 1.807) is 6.07 Å². The molecule has 0 aliphatic carbocycles. The van der Waals surface area contributed by atoms with Gasteiger partial charge in [-0.3, -0.25) is 4.68 Å². The summed E-state index contributed by atoms with van der Waals surface area (Å²) in [5.41, 5.74) is 5.63. The van der Waals surface area contributed by atoms with E-state index in [9.17, 15) is 4.79 Å². The highest BCUT2D eigenvalue weighted by atomic mass is 16.5. The van der Waals surface area contributed by atoms with Crippen LogP contribution in [-0.2, 0) is 17.8 Å². The number of aliphatic carboxylic acids is 1. The number of aromatic nitrogens is 2. The van der Waals surface area contributed by atoms with Gasteiger partial charge in [0, 0.05) is 17.7 Å². The molecule has 0 spiro atoms. The number of para-hydroxylation sites is 1. The highest BCUT2D eigenvalue weighted by Gasteiger charge is 2.18. The third-order valence-electron chi connectivity index (χ3n) is 5.46. The molecular weight excluding hydrogens is 428 g/mol. The predicted molar refractivity (Wildman–Crippen MR) is 132 cm³/mol. The van der Waals surface area contributed by atoms with E-state index in [1.165, 1.54) is 5.56 Å². The van der Waals surface area contributed by atoms with Gasteiger partial charge in [0.15, 0.2) is 6.61 Å². The van der Waals surface area contributed by atoms with Gasteiger partial charge in [-0.25, -0.2) is 4.79 Å². The molecule has 0 saturated heterocycles. The first kappa shape index (κ1) is 23.1. The maximum atomic E-state index is 11.1. The van der Waals surface area contributed by atoms with Crippen molar-refractivity contribution in [3.8, 4) is 34.0 Å². The van der Waals surface area contributed by atoms with Crippen LogP contribution < -0.4 is 9.47 Å². The van der Waals surface area contributed by atoms with E-state index in [0.29, 0.717) is 18.9 Å². The van der Waals surface area contributed by atoms with Crippen molar-refractivity contribution in [3.63, 3.8) is 0 Å². The predicted octanol–water partition coefficient (Wildman–Crippen LogP) is 5.63. The SMILES string of the molecule is CCOc1ccccc1-c1cc(-c2cc(C)ccc2OCC(=O)O)nn1CCc1ccccc1. The zero-order valence-electron chi connectivity index (χ0n) is 19.4. The second-order valence-electron chi connectivity index (χ2n) is 7.98. The van der Waals surface area contributed by atoms with Crippen molar-refractivity contribution in [2.45, 2.75) is 26.8 Å². The summed E-state index contributed by atoms with van der Waals surface area (Å²) in [4.78, 5) is 11.1. The summed E-state index contributed by atoms with van der Waals surface area (Å²) in [5, 5.41) is 14.0. The quantitative estimate of drug-likeness (QED) is 0.335. The van der Waals surface area contributed by atoms with E-state index < -0.39 is 12.6 Å². The molecule has 1 N–H and O–H groups in total. The van der Waals surface area contributed by atoms with E-state index in [-0.39, 0.29) is 0 Å². The fourth-order valence-electron chi connectivity index (χ4n) is 3.88. The van der Waals surface area contributed by atoms with Crippen molar-refractivity contribution >= 4 is 5.97 Å². The average molecular weight is 457 g/mol. The molecule has 1 aromatic heterocycles. The van der Waals surface area contributed by atoms with Crippen LogP contribution in [0.4, 0.5) is 0 Å². The van der Waals surface area contributed by atoms with E-state index in [2.05, 4.69) is 12.1 Å². The molecule has 0 radical (unpaired) electrons. The molecule has 0 aliphatic heterocycles. The number of hydrogen-bond acceptors (Lipinski definition) is 4. The summed E-state index contributed by atoms with van der Waals surface area (Å²) in [6, 6.07) is 25.9. The van der Waals surface area contributed by atoms with Crippen LogP contribution in [0.5, 0.6) is 11.5 Å². The topological polar surface area (TPSA) is 73.6 Å². The number of benzene rings is 3. The van der Waals surface area contributed by atoms with Crippen LogP contribution in [0.3, 0.4) is 0 Å². The zero-order valence-corrected chi connectivity index (χ0v) is 19.4. The molecule has 0 bridgehead atoms. The van der Waals surface area contributed by atoms with Crippen molar-refractivity contribution in [1.82, 2.24) is 9.78 Å². The average Bonchev–Trinajstić information content (AvgIpc) is 3.27. The van der Waals surface area contributed by atoms with Crippen LogP contribution in [0.25, 0.3) is 22.5 Å². The molecule has 6 heteroatoms. The van der Waals surface area contributed by atoms with Crippen molar-refractivity contribution in [1.29, 1.82) is 0 Å². The van der Waals surface area contributed by atoms with Crippen LogP contribution in [0, 0.1) is 6.92 Å². The molecule has 174 valence electrons. The normalized spacial score (nSPS) is 10.8. The Morgan fingerprint density at radius 3 is 2.41 bits per heavy atom. The zero-order chi connectivity index (χ0) is 23.9. The largest absolute Gasteiger partial charge is 0.493 e. The minimum absolute atomic E-state index is 0.412. The highest BCUT2D eigenvalue weighted by Crippen LogP contribution is 2.36. The Morgan fingerprint density at radius 2 is 1.65 bits per heavy atom. The molecule has 0 fully saturated rings. The third-order valence-corrected chi connectivity index (χ3v) is 5.46.